The molecule has 104 valence electrons. The highest BCUT2D eigenvalue weighted by Gasteiger charge is 2.14. The molecule has 0 aliphatic carbocycles. The Bertz CT molecular complexity index is 683. The zero-order valence-electron chi connectivity index (χ0n) is 10.7. The lowest BCUT2D eigenvalue weighted by atomic mass is 10.1. The molecule has 0 heterocycles. The molecule has 2 nitrogen and oxygen atoms in total. The van der Waals surface area contributed by atoms with Crippen molar-refractivity contribution >= 4 is 16.6 Å². The Kier molecular flexibility index (Phi) is 4.39. The van der Waals surface area contributed by atoms with Crippen molar-refractivity contribution in [2.24, 2.45) is 0 Å². The molecule has 0 aliphatic heterocycles. The van der Waals surface area contributed by atoms with E-state index in [0.717, 1.165) is 17.7 Å². The summed E-state index contributed by atoms with van der Waals surface area (Å²) in [5, 5.41) is 0. The van der Waals surface area contributed by atoms with Crippen LogP contribution in [-0.4, -0.2) is 15.7 Å². The van der Waals surface area contributed by atoms with Gasteiger partial charge in [0.1, 0.15) is 0 Å². The van der Waals surface area contributed by atoms with Crippen molar-refractivity contribution in [3.05, 3.63) is 65.2 Å². The van der Waals surface area contributed by atoms with Crippen LogP contribution in [0.15, 0.2) is 47.4 Å². The van der Waals surface area contributed by atoms with Crippen LogP contribution < -0.4 is 0 Å². The van der Waals surface area contributed by atoms with Crippen molar-refractivity contribution in [1.29, 1.82) is 0 Å². The van der Waals surface area contributed by atoms with Gasteiger partial charge in [-0.25, -0.2) is 8.78 Å². The first kappa shape index (κ1) is 14.5. The quantitative estimate of drug-likeness (QED) is 0.811. The van der Waals surface area contributed by atoms with Crippen molar-refractivity contribution in [3.8, 4) is 0 Å². The van der Waals surface area contributed by atoms with Gasteiger partial charge in [0.2, 0.25) is 0 Å². The van der Waals surface area contributed by atoms with Crippen LogP contribution in [0, 0.1) is 18.6 Å². The lowest BCUT2D eigenvalue weighted by molar-refractivity contribution is 0.102. The monoisotopic (exact) mass is 294 g/mol. The highest BCUT2D eigenvalue weighted by Crippen LogP contribution is 2.13. The Balaban J connectivity index is 2.15. The van der Waals surface area contributed by atoms with Crippen molar-refractivity contribution in [2.75, 3.05) is 5.75 Å². The van der Waals surface area contributed by atoms with Gasteiger partial charge in [0, 0.05) is 10.5 Å². The molecule has 2 rings (SSSR count). The number of ketones is 1. The first-order valence-electron chi connectivity index (χ1n) is 5.90. The molecule has 0 amide bonds. The van der Waals surface area contributed by atoms with E-state index in [1.165, 1.54) is 6.07 Å². The van der Waals surface area contributed by atoms with Gasteiger partial charge in [-0.05, 0) is 42.8 Å². The summed E-state index contributed by atoms with van der Waals surface area (Å²) < 4.78 is 37.9. The predicted molar refractivity (Wildman–Crippen MR) is 73.1 cm³/mol. The topological polar surface area (TPSA) is 34.1 Å². The van der Waals surface area contributed by atoms with Crippen LogP contribution in [-0.2, 0) is 10.8 Å². The van der Waals surface area contributed by atoms with Gasteiger partial charge in [-0.1, -0.05) is 12.1 Å². The minimum atomic E-state index is -1.50. The molecule has 2 aromatic rings. The molecular formula is C15H12F2O2S. The maximum Gasteiger partial charge on any atom is 0.175 e. The van der Waals surface area contributed by atoms with Crippen LogP contribution >= 0.6 is 0 Å². The van der Waals surface area contributed by atoms with Gasteiger partial charge in [0.25, 0.3) is 0 Å². The van der Waals surface area contributed by atoms with E-state index >= 15 is 0 Å². The van der Waals surface area contributed by atoms with Gasteiger partial charge >= 0.3 is 0 Å². The molecule has 20 heavy (non-hydrogen) atoms. The average Bonchev–Trinajstić information content (AvgIpc) is 2.41. The number of hydrogen-bond donors (Lipinski definition) is 0. The van der Waals surface area contributed by atoms with Gasteiger partial charge in [-0.3, -0.25) is 9.00 Å². The molecule has 0 saturated carbocycles. The lowest BCUT2D eigenvalue weighted by Crippen LogP contribution is -2.11. The van der Waals surface area contributed by atoms with Gasteiger partial charge in [0.05, 0.1) is 16.6 Å². The van der Waals surface area contributed by atoms with Gasteiger partial charge in [-0.15, -0.1) is 0 Å². The Morgan fingerprint density at radius 3 is 2.50 bits per heavy atom. The second-order valence-corrected chi connectivity index (χ2v) is 5.81. The normalized spacial score (nSPS) is 12.2. The molecule has 0 saturated heterocycles. The zero-order chi connectivity index (χ0) is 14.7. The third kappa shape index (κ3) is 3.36. The molecule has 0 radical (unpaired) electrons. The highest BCUT2D eigenvalue weighted by atomic mass is 32.2. The summed E-state index contributed by atoms with van der Waals surface area (Å²) in [6.45, 7) is 1.86. The van der Waals surface area contributed by atoms with Crippen molar-refractivity contribution in [2.45, 2.75) is 11.8 Å². The molecule has 0 aliphatic rings. The van der Waals surface area contributed by atoms with Gasteiger partial charge < -0.3 is 0 Å². The van der Waals surface area contributed by atoms with Crippen molar-refractivity contribution in [1.82, 2.24) is 0 Å². The van der Waals surface area contributed by atoms with Crippen molar-refractivity contribution < 1.29 is 17.8 Å². The first-order chi connectivity index (χ1) is 9.47. The molecular weight excluding hydrogens is 282 g/mol. The zero-order valence-corrected chi connectivity index (χ0v) is 11.5. The number of hydrogen-bond acceptors (Lipinski definition) is 2. The average molecular weight is 294 g/mol. The number of aryl methyl sites for hydroxylation is 1. The Labute approximate surface area is 117 Å². The summed E-state index contributed by atoms with van der Waals surface area (Å²) in [7, 11) is -1.50. The minimum absolute atomic E-state index is 0.0184. The largest absolute Gasteiger partial charge is 0.293 e. The van der Waals surface area contributed by atoms with Crippen LogP contribution in [0.4, 0.5) is 8.78 Å². The highest BCUT2D eigenvalue weighted by molar-refractivity contribution is 7.85. The van der Waals surface area contributed by atoms with E-state index in [2.05, 4.69) is 0 Å². The molecule has 0 N–H and O–H groups in total. The number of rotatable bonds is 4. The number of carbonyl (C=O) groups excluding carboxylic acids is 1. The smallest absolute Gasteiger partial charge is 0.175 e. The summed E-state index contributed by atoms with van der Waals surface area (Å²) in [5.41, 5.74) is 0.959. The van der Waals surface area contributed by atoms with E-state index in [9.17, 15) is 17.8 Å². The van der Waals surface area contributed by atoms with E-state index < -0.39 is 28.2 Å². The van der Waals surface area contributed by atoms with Gasteiger partial charge in [0.15, 0.2) is 17.4 Å². The third-order valence-corrected chi connectivity index (χ3v) is 4.06. The SMILES string of the molecule is Cc1cccc(S(=O)CC(=O)c2ccc(F)c(F)c2)c1. The number of Topliss-reactive ketones (excluding diaryl/α,β-unsaturated/α-hetero) is 1. The molecule has 0 aromatic heterocycles. The summed E-state index contributed by atoms with van der Waals surface area (Å²) >= 11 is 0. The van der Waals surface area contributed by atoms with Crippen LogP contribution in [0.2, 0.25) is 0 Å². The summed E-state index contributed by atoms with van der Waals surface area (Å²) in [6, 6.07) is 9.91. The maximum atomic E-state index is 13.0. The molecule has 0 spiro atoms. The second-order valence-electron chi connectivity index (χ2n) is 4.36. The molecule has 0 bridgehead atoms. The molecule has 5 heteroatoms. The van der Waals surface area contributed by atoms with Gasteiger partial charge in [-0.2, -0.15) is 0 Å². The van der Waals surface area contributed by atoms with Crippen molar-refractivity contribution in [3.63, 3.8) is 0 Å². The van der Waals surface area contributed by atoms with Crippen LogP contribution in [0.5, 0.6) is 0 Å². The van der Waals surface area contributed by atoms with E-state index in [0.29, 0.717) is 4.90 Å². The fourth-order valence-electron chi connectivity index (χ4n) is 1.71. The Morgan fingerprint density at radius 1 is 1.10 bits per heavy atom. The fraction of sp³-hybridized carbons (Fsp3) is 0.133. The summed E-state index contributed by atoms with van der Waals surface area (Å²) in [5.74, 6) is -2.84. The van der Waals surface area contributed by atoms with E-state index in [-0.39, 0.29) is 11.3 Å². The summed E-state index contributed by atoms with van der Waals surface area (Å²) in [4.78, 5) is 12.4. The standard InChI is InChI=1S/C15H12F2O2S/c1-10-3-2-4-12(7-10)20(19)9-15(18)11-5-6-13(16)14(17)8-11/h2-8H,9H2,1H3. The molecule has 0 fully saturated rings. The maximum absolute atomic E-state index is 13.0. The minimum Gasteiger partial charge on any atom is -0.293 e. The Morgan fingerprint density at radius 2 is 1.85 bits per heavy atom. The number of benzene rings is 2. The fourth-order valence-corrected chi connectivity index (χ4v) is 2.83. The number of halogens is 2. The van der Waals surface area contributed by atoms with Crippen LogP contribution in [0.25, 0.3) is 0 Å². The van der Waals surface area contributed by atoms with E-state index in [1.54, 1.807) is 18.2 Å². The Hall–Kier alpha value is -1.88. The lowest BCUT2D eigenvalue weighted by Gasteiger charge is -2.04. The van der Waals surface area contributed by atoms with Crippen LogP contribution in [0.3, 0.4) is 0 Å². The van der Waals surface area contributed by atoms with E-state index in [4.69, 9.17) is 0 Å². The predicted octanol–water partition coefficient (Wildman–Crippen LogP) is 3.26. The summed E-state index contributed by atoms with van der Waals surface area (Å²) in [6.07, 6.45) is 0. The molecule has 1 unspecified atom stereocenters. The van der Waals surface area contributed by atoms with E-state index in [1.807, 2.05) is 13.0 Å². The molecule has 1 atom stereocenters. The third-order valence-electron chi connectivity index (χ3n) is 2.76. The second kappa shape index (κ2) is 6.05. The number of carbonyl (C=O) groups is 1. The first-order valence-corrected chi connectivity index (χ1v) is 7.22. The van der Waals surface area contributed by atoms with Crippen LogP contribution in [0.1, 0.15) is 15.9 Å². The molecule has 2 aromatic carbocycles.